The Bertz CT molecular complexity index is 158. The highest BCUT2D eigenvalue weighted by atomic mass is 28.2. The third-order valence-corrected chi connectivity index (χ3v) is 3.49. The topological polar surface area (TPSA) is 23.6 Å². The van der Waals surface area contributed by atoms with E-state index in [2.05, 4.69) is 13.1 Å². The second-order valence-electron chi connectivity index (χ2n) is 3.19. The molecule has 4 radical (unpaired) electrons. The van der Waals surface area contributed by atoms with Crippen molar-refractivity contribution < 1.29 is 4.79 Å². The molecule has 3 nitrogen and oxygen atoms in total. The fraction of sp³-hybridized carbons (Fsp3) is 0.875. The van der Waals surface area contributed by atoms with Gasteiger partial charge in [-0.05, 0) is 6.42 Å². The van der Waals surface area contributed by atoms with Gasteiger partial charge in [0.15, 0.2) is 0 Å². The lowest BCUT2D eigenvalue weighted by atomic mass is 10.3. The van der Waals surface area contributed by atoms with Gasteiger partial charge in [-0.3, -0.25) is 0 Å². The first-order valence-electron chi connectivity index (χ1n) is 4.62. The zero-order chi connectivity index (χ0) is 9.68. The summed E-state index contributed by atoms with van der Waals surface area (Å²) >= 11 is 0. The van der Waals surface area contributed by atoms with Crippen molar-refractivity contribution in [2.45, 2.75) is 19.5 Å². The Morgan fingerprint density at radius 2 is 1.62 bits per heavy atom. The standard InChI is InChI=1S/C8H16N2OSi2/c1-12-6-9-4-3-5-10(7-13-2)8(9)11/h3-7H2,1-2H3. The minimum atomic E-state index is 0.259. The predicted octanol–water partition coefficient (Wildman–Crippen LogP) is 0.534. The highest BCUT2D eigenvalue weighted by Gasteiger charge is 2.23. The van der Waals surface area contributed by atoms with E-state index in [1.165, 1.54) is 0 Å². The van der Waals surface area contributed by atoms with Crippen molar-refractivity contribution in [1.82, 2.24) is 9.80 Å². The summed E-state index contributed by atoms with van der Waals surface area (Å²) < 4.78 is 0. The fourth-order valence-electron chi connectivity index (χ4n) is 1.52. The molecule has 1 aliphatic rings. The normalized spacial score (nSPS) is 18.2. The van der Waals surface area contributed by atoms with E-state index in [-0.39, 0.29) is 6.03 Å². The summed E-state index contributed by atoms with van der Waals surface area (Å²) in [7, 11) is 1.69. The second kappa shape index (κ2) is 5.44. The van der Waals surface area contributed by atoms with Crippen molar-refractivity contribution >= 4 is 25.1 Å². The molecule has 5 heteroatoms. The van der Waals surface area contributed by atoms with Crippen LogP contribution in [-0.2, 0) is 0 Å². The molecule has 13 heavy (non-hydrogen) atoms. The summed E-state index contributed by atoms with van der Waals surface area (Å²) in [6, 6.07) is 0.259. The maximum absolute atomic E-state index is 11.8. The maximum atomic E-state index is 11.8. The minimum Gasteiger partial charge on any atom is -0.328 e. The Labute approximate surface area is 85.1 Å². The van der Waals surface area contributed by atoms with E-state index in [1.54, 1.807) is 0 Å². The van der Waals surface area contributed by atoms with Gasteiger partial charge >= 0.3 is 6.03 Å². The Kier molecular flexibility index (Phi) is 4.51. The Morgan fingerprint density at radius 3 is 2.00 bits per heavy atom. The van der Waals surface area contributed by atoms with Crippen molar-refractivity contribution in [3.8, 4) is 0 Å². The summed E-state index contributed by atoms with van der Waals surface area (Å²) in [5, 5.41) is 0. The molecule has 0 aromatic carbocycles. The first kappa shape index (κ1) is 10.8. The fourth-order valence-corrected chi connectivity index (χ4v) is 2.87. The lowest BCUT2D eigenvalue weighted by Crippen LogP contribution is -2.51. The van der Waals surface area contributed by atoms with Gasteiger partial charge in [-0.25, -0.2) is 4.79 Å². The third kappa shape index (κ3) is 2.84. The van der Waals surface area contributed by atoms with Crippen molar-refractivity contribution in [2.75, 3.05) is 25.4 Å². The summed E-state index contributed by atoms with van der Waals surface area (Å²) in [5.41, 5.74) is 0. The summed E-state index contributed by atoms with van der Waals surface area (Å²) in [4.78, 5) is 15.7. The van der Waals surface area contributed by atoms with E-state index in [4.69, 9.17) is 0 Å². The molecule has 0 bridgehead atoms. The van der Waals surface area contributed by atoms with Crippen molar-refractivity contribution in [3.63, 3.8) is 0 Å². The molecule has 0 aliphatic carbocycles. The lowest BCUT2D eigenvalue weighted by molar-refractivity contribution is 0.146. The summed E-state index contributed by atoms with van der Waals surface area (Å²) in [6.07, 6.45) is 3.03. The number of hydrogen-bond donors (Lipinski definition) is 0. The first-order chi connectivity index (χ1) is 6.29. The van der Waals surface area contributed by atoms with Crippen LogP contribution in [0.15, 0.2) is 0 Å². The smallest absolute Gasteiger partial charge is 0.319 e. The molecule has 1 fully saturated rings. The molecule has 2 amide bonds. The van der Waals surface area contributed by atoms with Gasteiger partial charge in [0.2, 0.25) is 0 Å². The maximum Gasteiger partial charge on any atom is 0.319 e. The lowest BCUT2D eigenvalue weighted by Gasteiger charge is -2.35. The van der Waals surface area contributed by atoms with Crippen LogP contribution in [0.1, 0.15) is 6.42 Å². The van der Waals surface area contributed by atoms with Gasteiger partial charge in [0.05, 0.1) is 19.0 Å². The monoisotopic (exact) mass is 212 g/mol. The third-order valence-electron chi connectivity index (χ3n) is 2.10. The number of nitrogens with zero attached hydrogens (tertiary/aromatic N) is 2. The van der Waals surface area contributed by atoms with E-state index >= 15 is 0 Å². The number of urea groups is 1. The van der Waals surface area contributed by atoms with Gasteiger partial charge in [0, 0.05) is 25.4 Å². The van der Waals surface area contributed by atoms with E-state index in [0.29, 0.717) is 0 Å². The van der Waals surface area contributed by atoms with Crippen LogP contribution in [0.25, 0.3) is 0 Å². The van der Waals surface area contributed by atoms with E-state index in [1.807, 2.05) is 9.80 Å². The summed E-state index contributed by atoms with van der Waals surface area (Å²) in [5.74, 6) is 0. The summed E-state index contributed by atoms with van der Waals surface area (Å²) in [6.45, 7) is 6.22. The van der Waals surface area contributed by atoms with E-state index in [9.17, 15) is 4.79 Å². The van der Waals surface area contributed by atoms with Crippen LogP contribution in [0.4, 0.5) is 4.79 Å². The van der Waals surface area contributed by atoms with Crippen LogP contribution in [0, 0.1) is 0 Å². The van der Waals surface area contributed by atoms with Crippen molar-refractivity contribution in [1.29, 1.82) is 0 Å². The van der Waals surface area contributed by atoms with Gasteiger partial charge in [0.25, 0.3) is 0 Å². The molecule has 1 heterocycles. The number of carbonyl (C=O) groups is 1. The highest BCUT2D eigenvalue weighted by molar-refractivity contribution is 6.34. The Hall–Kier alpha value is -0.296. The van der Waals surface area contributed by atoms with E-state index in [0.717, 1.165) is 50.9 Å². The minimum absolute atomic E-state index is 0.259. The van der Waals surface area contributed by atoms with Gasteiger partial charge in [-0.2, -0.15) is 0 Å². The van der Waals surface area contributed by atoms with Gasteiger partial charge in [-0.1, -0.05) is 13.1 Å². The van der Waals surface area contributed by atoms with Crippen LogP contribution in [0.2, 0.25) is 13.1 Å². The molecule has 1 rings (SSSR count). The van der Waals surface area contributed by atoms with Gasteiger partial charge < -0.3 is 9.80 Å². The van der Waals surface area contributed by atoms with E-state index < -0.39 is 0 Å². The molecule has 72 valence electrons. The molecule has 1 saturated heterocycles. The average Bonchev–Trinajstić information content (AvgIpc) is 2.13. The molecule has 0 unspecified atom stereocenters. The zero-order valence-corrected chi connectivity index (χ0v) is 10.3. The molecule has 0 atom stereocenters. The second-order valence-corrected chi connectivity index (χ2v) is 5.23. The average molecular weight is 212 g/mol. The van der Waals surface area contributed by atoms with Crippen LogP contribution >= 0.6 is 0 Å². The van der Waals surface area contributed by atoms with Crippen LogP contribution in [0.3, 0.4) is 0 Å². The number of hydrogen-bond acceptors (Lipinski definition) is 1. The molecule has 0 N–H and O–H groups in total. The quantitative estimate of drug-likeness (QED) is 0.624. The van der Waals surface area contributed by atoms with Gasteiger partial charge in [-0.15, -0.1) is 0 Å². The Balaban J connectivity index is 2.45. The van der Waals surface area contributed by atoms with Gasteiger partial charge in [0.1, 0.15) is 0 Å². The van der Waals surface area contributed by atoms with Crippen LogP contribution in [-0.4, -0.2) is 60.3 Å². The van der Waals surface area contributed by atoms with Crippen molar-refractivity contribution in [3.05, 3.63) is 0 Å². The predicted molar refractivity (Wildman–Crippen MR) is 56.4 cm³/mol. The van der Waals surface area contributed by atoms with Crippen LogP contribution in [0.5, 0.6) is 0 Å². The molecular weight excluding hydrogens is 196 g/mol. The first-order valence-corrected chi connectivity index (χ1v) is 8.04. The highest BCUT2D eigenvalue weighted by Crippen LogP contribution is 2.07. The Morgan fingerprint density at radius 1 is 1.15 bits per heavy atom. The zero-order valence-electron chi connectivity index (χ0n) is 8.34. The number of rotatable bonds is 4. The molecular formula is C8H16N2OSi2. The van der Waals surface area contributed by atoms with Crippen molar-refractivity contribution in [2.24, 2.45) is 0 Å². The molecule has 0 aromatic rings. The van der Waals surface area contributed by atoms with Crippen LogP contribution < -0.4 is 0 Å². The molecule has 1 aliphatic heterocycles. The molecule has 0 spiro atoms. The number of amides is 2. The number of carbonyl (C=O) groups excluding carboxylic acids is 1. The molecule has 0 saturated carbocycles. The molecule has 0 aromatic heterocycles. The largest absolute Gasteiger partial charge is 0.328 e. The SMILES string of the molecule is C[Si]CN1CCCN(C[Si]C)C1=O.